The first kappa shape index (κ1) is 19.9. The number of hydrogen-bond acceptors (Lipinski definition) is 4. The Hall–Kier alpha value is -2.86. The number of para-hydroxylation sites is 1. The normalized spacial score (nSPS) is 16.6. The zero-order valence-corrected chi connectivity index (χ0v) is 16.4. The molecule has 6 heteroatoms. The molecule has 1 fully saturated rings. The van der Waals surface area contributed by atoms with E-state index < -0.39 is 0 Å². The first-order chi connectivity index (χ1) is 13.7. The number of rotatable bonds is 6. The Balaban J connectivity index is 1.72. The Kier molecular flexibility index (Phi) is 7.03. The van der Waals surface area contributed by atoms with Crippen molar-refractivity contribution in [3.05, 3.63) is 59.7 Å². The van der Waals surface area contributed by atoms with E-state index >= 15 is 0 Å². The van der Waals surface area contributed by atoms with Gasteiger partial charge >= 0.3 is 0 Å². The van der Waals surface area contributed by atoms with Crippen LogP contribution in [0.1, 0.15) is 35.7 Å². The van der Waals surface area contributed by atoms with E-state index in [-0.39, 0.29) is 12.0 Å². The molecule has 28 heavy (non-hydrogen) atoms. The second-order valence-electron chi connectivity index (χ2n) is 6.68. The average molecular weight is 381 g/mol. The van der Waals surface area contributed by atoms with Crippen molar-refractivity contribution >= 4 is 17.6 Å². The maximum absolute atomic E-state index is 12.7. The van der Waals surface area contributed by atoms with Gasteiger partial charge in [-0.15, -0.1) is 0 Å². The van der Waals surface area contributed by atoms with E-state index in [1.807, 2.05) is 38.1 Å². The van der Waals surface area contributed by atoms with Crippen molar-refractivity contribution in [1.29, 1.82) is 0 Å². The van der Waals surface area contributed by atoms with Gasteiger partial charge < -0.3 is 14.8 Å². The Morgan fingerprint density at radius 1 is 1.21 bits per heavy atom. The number of ether oxygens (including phenoxy) is 2. The molecule has 148 valence electrons. The molecule has 1 unspecified atom stereocenters. The van der Waals surface area contributed by atoms with E-state index in [4.69, 9.17) is 9.47 Å². The summed E-state index contributed by atoms with van der Waals surface area (Å²) in [6.45, 7) is 5.81. The van der Waals surface area contributed by atoms with Crippen molar-refractivity contribution < 1.29 is 14.3 Å². The third-order valence-electron chi connectivity index (χ3n) is 4.53. The van der Waals surface area contributed by atoms with Crippen LogP contribution in [0.2, 0.25) is 0 Å². The monoisotopic (exact) mass is 381 g/mol. The molecule has 2 N–H and O–H groups in total. The molecule has 0 aromatic heterocycles. The SMILES string of the molecule is CCOc1ccc(C(=O)NC(=NCC2CCCO2)Nc2ccccc2C)cc1. The predicted molar refractivity (Wildman–Crippen MR) is 111 cm³/mol. The highest BCUT2D eigenvalue weighted by Gasteiger charge is 2.16. The molecular formula is C22H27N3O3. The molecule has 0 bridgehead atoms. The van der Waals surface area contributed by atoms with Crippen molar-refractivity contribution in [2.75, 3.05) is 25.1 Å². The highest BCUT2D eigenvalue weighted by Crippen LogP contribution is 2.15. The first-order valence-electron chi connectivity index (χ1n) is 9.68. The third-order valence-corrected chi connectivity index (χ3v) is 4.53. The van der Waals surface area contributed by atoms with Crippen molar-refractivity contribution in [3.8, 4) is 5.75 Å². The molecule has 1 saturated heterocycles. The Morgan fingerprint density at radius 2 is 2.00 bits per heavy atom. The zero-order valence-electron chi connectivity index (χ0n) is 16.4. The molecule has 1 atom stereocenters. The van der Waals surface area contributed by atoms with Gasteiger partial charge in [0.05, 0.1) is 19.3 Å². The van der Waals surface area contributed by atoms with Crippen LogP contribution >= 0.6 is 0 Å². The Morgan fingerprint density at radius 3 is 2.68 bits per heavy atom. The molecule has 6 nitrogen and oxygen atoms in total. The molecule has 1 heterocycles. The standard InChI is InChI=1S/C22H27N3O3/c1-3-27-18-12-10-17(11-13-18)21(26)25-22(23-15-19-8-6-14-28-19)24-20-9-5-4-7-16(20)2/h4-5,7,9-13,19H,3,6,8,14-15H2,1-2H3,(H2,23,24,25,26). The smallest absolute Gasteiger partial charge is 0.257 e. The number of carbonyl (C=O) groups is 1. The van der Waals surface area contributed by atoms with Crippen LogP contribution in [0.25, 0.3) is 0 Å². The van der Waals surface area contributed by atoms with Crippen LogP contribution in [0.15, 0.2) is 53.5 Å². The van der Waals surface area contributed by atoms with Crippen molar-refractivity contribution in [1.82, 2.24) is 5.32 Å². The topological polar surface area (TPSA) is 72.0 Å². The van der Waals surface area contributed by atoms with Crippen LogP contribution in [-0.2, 0) is 4.74 Å². The average Bonchev–Trinajstić information content (AvgIpc) is 3.22. The maximum atomic E-state index is 12.7. The number of aryl methyl sites for hydroxylation is 1. The van der Waals surface area contributed by atoms with Crippen LogP contribution in [0.3, 0.4) is 0 Å². The number of guanidine groups is 1. The van der Waals surface area contributed by atoms with Crippen LogP contribution < -0.4 is 15.4 Å². The van der Waals surface area contributed by atoms with E-state index in [2.05, 4.69) is 15.6 Å². The molecule has 2 aromatic rings. The van der Waals surface area contributed by atoms with Crippen LogP contribution in [-0.4, -0.2) is 37.7 Å². The van der Waals surface area contributed by atoms with Gasteiger partial charge in [-0.3, -0.25) is 10.1 Å². The Bertz CT molecular complexity index is 812. The van der Waals surface area contributed by atoms with E-state index in [9.17, 15) is 4.79 Å². The van der Waals surface area contributed by atoms with Crippen molar-refractivity contribution in [2.24, 2.45) is 4.99 Å². The number of hydrogen-bond donors (Lipinski definition) is 2. The summed E-state index contributed by atoms with van der Waals surface area (Å²) in [7, 11) is 0. The lowest BCUT2D eigenvalue weighted by Crippen LogP contribution is -2.37. The minimum atomic E-state index is -0.227. The number of nitrogens with zero attached hydrogens (tertiary/aromatic N) is 1. The summed E-state index contributed by atoms with van der Waals surface area (Å²) in [4.78, 5) is 17.3. The summed E-state index contributed by atoms with van der Waals surface area (Å²) in [5.74, 6) is 0.934. The Labute approximate surface area is 166 Å². The fourth-order valence-corrected chi connectivity index (χ4v) is 2.98. The largest absolute Gasteiger partial charge is 0.494 e. The van der Waals surface area contributed by atoms with Crippen LogP contribution in [0.4, 0.5) is 5.69 Å². The minimum absolute atomic E-state index is 0.107. The van der Waals surface area contributed by atoms with Crippen molar-refractivity contribution in [3.63, 3.8) is 0 Å². The predicted octanol–water partition coefficient (Wildman–Crippen LogP) is 3.77. The summed E-state index contributed by atoms with van der Waals surface area (Å²) in [6, 6.07) is 14.9. The summed E-state index contributed by atoms with van der Waals surface area (Å²) in [5, 5.41) is 6.13. The number of benzene rings is 2. The number of nitrogens with one attached hydrogen (secondary N) is 2. The van der Waals surface area contributed by atoms with E-state index in [0.717, 1.165) is 36.4 Å². The molecule has 0 aliphatic carbocycles. The fourth-order valence-electron chi connectivity index (χ4n) is 2.98. The van der Waals surface area contributed by atoms with E-state index in [1.165, 1.54) is 0 Å². The molecule has 0 spiro atoms. The van der Waals surface area contributed by atoms with Crippen molar-refractivity contribution in [2.45, 2.75) is 32.8 Å². The highest BCUT2D eigenvalue weighted by molar-refractivity contribution is 6.10. The number of aliphatic imine (C=N–C) groups is 1. The minimum Gasteiger partial charge on any atom is -0.494 e. The molecule has 1 aliphatic rings. The van der Waals surface area contributed by atoms with Gasteiger partial charge in [-0.25, -0.2) is 4.99 Å². The summed E-state index contributed by atoms with van der Waals surface area (Å²) in [6.07, 6.45) is 2.16. The highest BCUT2D eigenvalue weighted by atomic mass is 16.5. The van der Waals surface area contributed by atoms with Gasteiger partial charge in [0.1, 0.15) is 5.75 Å². The lowest BCUT2D eigenvalue weighted by Gasteiger charge is -2.15. The lowest BCUT2D eigenvalue weighted by molar-refractivity contribution is 0.0975. The molecule has 3 rings (SSSR count). The fraction of sp³-hybridized carbons (Fsp3) is 0.364. The van der Waals surface area contributed by atoms with Gasteiger partial charge in [-0.1, -0.05) is 18.2 Å². The van der Waals surface area contributed by atoms with Gasteiger partial charge in [0.15, 0.2) is 0 Å². The molecule has 1 amide bonds. The second-order valence-corrected chi connectivity index (χ2v) is 6.68. The van der Waals surface area contributed by atoms with Crippen LogP contribution in [0, 0.1) is 6.92 Å². The number of anilines is 1. The molecule has 2 aromatic carbocycles. The van der Waals surface area contributed by atoms with Gasteiger partial charge in [-0.05, 0) is 62.6 Å². The van der Waals surface area contributed by atoms with Gasteiger partial charge in [0.25, 0.3) is 5.91 Å². The van der Waals surface area contributed by atoms with Crippen LogP contribution in [0.5, 0.6) is 5.75 Å². The summed E-state index contributed by atoms with van der Waals surface area (Å²) in [5.41, 5.74) is 2.52. The maximum Gasteiger partial charge on any atom is 0.257 e. The lowest BCUT2D eigenvalue weighted by atomic mass is 10.2. The first-order valence-corrected chi connectivity index (χ1v) is 9.68. The summed E-state index contributed by atoms with van der Waals surface area (Å²) >= 11 is 0. The molecule has 1 aliphatic heterocycles. The summed E-state index contributed by atoms with van der Waals surface area (Å²) < 4.78 is 11.1. The van der Waals surface area contributed by atoms with Gasteiger partial charge in [0, 0.05) is 17.9 Å². The third kappa shape index (κ3) is 5.57. The van der Waals surface area contributed by atoms with E-state index in [0.29, 0.717) is 24.7 Å². The number of amides is 1. The van der Waals surface area contributed by atoms with Gasteiger partial charge in [-0.2, -0.15) is 0 Å². The molecular weight excluding hydrogens is 354 g/mol. The number of carbonyl (C=O) groups excluding carboxylic acids is 1. The second kappa shape index (κ2) is 9.90. The van der Waals surface area contributed by atoms with E-state index in [1.54, 1.807) is 24.3 Å². The molecule has 0 saturated carbocycles. The van der Waals surface area contributed by atoms with Gasteiger partial charge in [0.2, 0.25) is 5.96 Å². The zero-order chi connectivity index (χ0) is 19.8. The molecule has 0 radical (unpaired) electrons. The quantitative estimate of drug-likeness (QED) is 0.590.